The summed E-state index contributed by atoms with van der Waals surface area (Å²) in [7, 11) is -1.38. The van der Waals surface area contributed by atoms with Gasteiger partial charge in [0.05, 0.1) is 6.54 Å². The average Bonchev–Trinajstić information content (AvgIpc) is 3.51. The minimum atomic E-state index is -1.38. The highest BCUT2D eigenvalue weighted by molar-refractivity contribution is 8.03. The van der Waals surface area contributed by atoms with Crippen LogP contribution in [0, 0.1) is 6.92 Å². The molecule has 1 N–H and O–H groups in total. The van der Waals surface area contributed by atoms with Gasteiger partial charge < -0.3 is 0 Å². The van der Waals surface area contributed by atoms with Crippen molar-refractivity contribution in [2.75, 3.05) is 18.1 Å². The normalized spacial score (nSPS) is 15.0. The predicted octanol–water partition coefficient (Wildman–Crippen LogP) is 5.96. The number of nitrogens with zero attached hydrogens (tertiary/aromatic N) is 6. The zero-order valence-electron chi connectivity index (χ0n) is 24.1. The SMILES string of the molecule is CCCCN=S1(=C=Cc2nc(C)cc(=O)n2Cc2ccc(-c3ccccc3)c(-c3nn[nH]n3)c2)CCCCCCC1. The number of aromatic nitrogens is 6. The van der Waals surface area contributed by atoms with E-state index in [0.717, 1.165) is 53.1 Å². The van der Waals surface area contributed by atoms with Crippen LogP contribution in [-0.2, 0) is 16.0 Å². The maximum absolute atomic E-state index is 13.3. The van der Waals surface area contributed by atoms with Gasteiger partial charge in [-0.1, -0.05) is 89.5 Å². The Kier molecular flexibility index (Phi) is 9.59. The van der Waals surface area contributed by atoms with Gasteiger partial charge >= 0.3 is 0 Å². The average molecular weight is 570 g/mol. The number of aryl methyl sites for hydroxylation is 1. The summed E-state index contributed by atoms with van der Waals surface area (Å²) in [6.07, 6.45) is 10.4. The molecule has 2 aromatic carbocycles. The minimum absolute atomic E-state index is 0.0802. The molecule has 0 aliphatic carbocycles. The van der Waals surface area contributed by atoms with Crippen LogP contribution in [0.15, 0.2) is 63.8 Å². The third-order valence-electron chi connectivity index (χ3n) is 7.48. The van der Waals surface area contributed by atoms with Crippen molar-refractivity contribution in [2.45, 2.75) is 65.3 Å². The van der Waals surface area contributed by atoms with Crippen LogP contribution in [0.25, 0.3) is 28.6 Å². The van der Waals surface area contributed by atoms with E-state index in [4.69, 9.17) is 9.35 Å². The van der Waals surface area contributed by atoms with Crippen molar-refractivity contribution in [3.63, 3.8) is 0 Å². The fourth-order valence-electron chi connectivity index (χ4n) is 5.27. The van der Waals surface area contributed by atoms with Gasteiger partial charge in [-0.25, -0.2) is 4.98 Å². The number of nitrogens with one attached hydrogen (secondary N) is 1. The summed E-state index contributed by atoms with van der Waals surface area (Å²) >= 11 is 0. The summed E-state index contributed by atoms with van der Waals surface area (Å²) < 4.78 is 7.00. The van der Waals surface area contributed by atoms with E-state index in [9.17, 15) is 4.79 Å². The zero-order chi connectivity index (χ0) is 28.5. The van der Waals surface area contributed by atoms with Gasteiger partial charge in [0.25, 0.3) is 5.56 Å². The van der Waals surface area contributed by atoms with Crippen molar-refractivity contribution >= 4 is 20.5 Å². The summed E-state index contributed by atoms with van der Waals surface area (Å²) in [6, 6.07) is 17.9. The topological polar surface area (TPSA) is 102 Å². The summed E-state index contributed by atoms with van der Waals surface area (Å²) in [5.41, 5.74) is 4.49. The Balaban J connectivity index is 1.58. The van der Waals surface area contributed by atoms with Crippen LogP contribution >= 0.6 is 0 Å². The highest BCUT2D eigenvalue weighted by Gasteiger charge is 2.15. The third kappa shape index (κ3) is 7.29. The predicted molar refractivity (Wildman–Crippen MR) is 169 cm³/mol. The van der Waals surface area contributed by atoms with Crippen LogP contribution in [0.1, 0.15) is 69.0 Å². The fraction of sp³-hybridized carbons (Fsp3) is 0.406. The molecule has 0 amide bonds. The van der Waals surface area contributed by atoms with Crippen LogP contribution in [0.4, 0.5) is 0 Å². The molecule has 4 aromatic rings. The van der Waals surface area contributed by atoms with E-state index in [1.165, 1.54) is 32.1 Å². The zero-order valence-corrected chi connectivity index (χ0v) is 24.9. The van der Waals surface area contributed by atoms with E-state index < -0.39 is 9.41 Å². The fourth-order valence-corrected chi connectivity index (χ4v) is 8.21. The van der Waals surface area contributed by atoms with E-state index in [1.807, 2.05) is 37.3 Å². The molecular weight excluding hydrogens is 530 g/mol. The van der Waals surface area contributed by atoms with E-state index in [2.05, 4.69) is 56.8 Å². The number of rotatable bonds is 8. The van der Waals surface area contributed by atoms with E-state index in [-0.39, 0.29) is 5.56 Å². The first kappa shape index (κ1) is 28.7. The van der Waals surface area contributed by atoms with Gasteiger partial charge in [0, 0.05) is 41.5 Å². The summed E-state index contributed by atoms with van der Waals surface area (Å²) in [4.78, 5) is 18.1. The molecule has 5 rings (SSSR count). The van der Waals surface area contributed by atoms with Crippen molar-refractivity contribution in [3.8, 4) is 22.5 Å². The first-order valence-corrected chi connectivity index (χ1v) is 16.6. The summed E-state index contributed by atoms with van der Waals surface area (Å²) in [5, 5.41) is 18.6. The lowest BCUT2D eigenvalue weighted by Gasteiger charge is -2.18. The van der Waals surface area contributed by atoms with Gasteiger partial charge in [0.2, 0.25) is 5.82 Å². The van der Waals surface area contributed by atoms with E-state index in [0.29, 0.717) is 23.9 Å². The maximum Gasteiger partial charge on any atom is 0.254 e. The van der Waals surface area contributed by atoms with Crippen LogP contribution in [0.2, 0.25) is 0 Å². The molecule has 0 saturated carbocycles. The first-order valence-electron chi connectivity index (χ1n) is 14.7. The van der Waals surface area contributed by atoms with Crippen molar-refractivity contribution in [3.05, 3.63) is 82.0 Å². The van der Waals surface area contributed by atoms with Gasteiger partial charge in [-0.3, -0.25) is 13.7 Å². The number of hydrogen-bond acceptors (Lipinski definition) is 6. The molecule has 1 aliphatic heterocycles. The molecule has 1 saturated heterocycles. The van der Waals surface area contributed by atoms with Gasteiger partial charge in [-0.2, -0.15) is 5.21 Å². The lowest BCUT2D eigenvalue weighted by Crippen LogP contribution is -2.24. The van der Waals surface area contributed by atoms with Crippen molar-refractivity contribution in [2.24, 2.45) is 4.36 Å². The van der Waals surface area contributed by atoms with Gasteiger partial charge in [-0.05, 0) is 54.2 Å². The molecule has 8 nitrogen and oxygen atoms in total. The van der Waals surface area contributed by atoms with Gasteiger partial charge in [-0.15, -0.1) is 10.2 Å². The van der Waals surface area contributed by atoms with Crippen LogP contribution < -0.4 is 5.56 Å². The second-order valence-corrected chi connectivity index (χ2v) is 13.6. The van der Waals surface area contributed by atoms with E-state index >= 15 is 0 Å². The molecule has 1 fully saturated rings. The maximum atomic E-state index is 13.3. The molecule has 0 spiro atoms. The third-order valence-corrected chi connectivity index (χ3v) is 10.6. The smallest absolute Gasteiger partial charge is 0.254 e. The number of hydrogen-bond donors (Lipinski definition) is 1. The number of unbranched alkanes of at least 4 members (excludes halogenated alkanes) is 1. The molecule has 41 heavy (non-hydrogen) atoms. The second kappa shape index (κ2) is 13.7. The van der Waals surface area contributed by atoms with Crippen LogP contribution in [0.5, 0.6) is 0 Å². The monoisotopic (exact) mass is 569 g/mol. The highest BCUT2D eigenvalue weighted by atomic mass is 32.2. The molecular formula is C32H39N7OS. The molecule has 2 aromatic heterocycles. The molecule has 0 bridgehead atoms. The molecule has 214 valence electrons. The van der Waals surface area contributed by atoms with Crippen LogP contribution in [-0.4, -0.2) is 53.2 Å². The highest BCUT2D eigenvalue weighted by Crippen LogP contribution is 2.31. The standard InChI is InChI=1S/C32H39N7OS/c1-3-4-18-33-41(19-11-6-5-7-12-20-41)21-17-30-34-25(2)22-31(40)39(30)24-26-15-16-28(27-13-9-8-10-14-27)29(23-26)32-35-37-38-36-32/h8-10,13-17,22-23H,3-7,11-12,18-20,24H2,1-2H3,(H,35,36,37,38). The van der Waals surface area contributed by atoms with Crippen molar-refractivity contribution in [1.29, 1.82) is 0 Å². The number of H-pyrrole nitrogens is 1. The minimum Gasteiger partial charge on any atom is -0.288 e. The van der Waals surface area contributed by atoms with Crippen molar-refractivity contribution in [1.82, 2.24) is 30.2 Å². The molecule has 1 aliphatic rings. The van der Waals surface area contributed by atoms with Gasteiger partial charge in [0.1, 0.15) is 5.82 Å². The molecule has 0 atom stereocenters. The number of aromatic amines is 1. The molecule has 0 unspecified atom stereocenters. The van der Waals surface area contributed by atoms with Gasteiger partial charge in [0.15, 0.2) is 0 Å². The quantitative estimate of drug-likeness (QED) is 0.208. The Morgan fingerprint density at radius 2 is 1.80 bits per heavy atom. The summed E-state index contributed by atoms with van der Waals surface area (Å²) in [5.74, 6) is 3.30. The summed E-state index contributed by atoms with van der Waals surface area (Å²) in [6.45, 7) is 5.33. The Morgan fingerprint density at radius 1 is 1.02 bits per heavy atom. The van der Waals surface area contributed by atoms with E-state index in [1.54, 1.807) is 10.6 Å². The molecule has 3 heterocycles. The number of benzene rings is 2. The molecule has 9 heteroatoms. The van der Waals surface area contributed by atoms with Crippen LogP contribution in [0.3, 0.4) is 0 Å². The largest absolute Gasteiger partial charge is 0.288 e. The molecule has 0 radical (unpaired) electrons. The Bertz CT molecular complexity index is 1660. The first-order chi connectivity index (χ1) is 20.1. The lowest BCUT2D eigenvalue weighted by molar-refractivity contribution is 0.650. The number of tetrazole rings is 1. The second-order valence-electron chi connectivity index (χ2n) is 10.6. The Hall–Kier alpha value is -3.81. The Labute approximate surface area is 242 Å². The van der Waals surface area contributed by atoms with Crippen molar-refractivity contribution < 1.29 is 0 Å². The Morgan fingerprint density at radius 3 is 2.54 bits per heavy atom. The lowest BCUT2D eigenvalue weighted by atomic mass is 9.97.